The first-order valence-electron chi connectivity index (χ1n) is 9.05. The van der Waals surface area contributed by atoms with Gasteiger partial charge in [0.1, 0.15) is 6.04 Å². The predicted octanol–water partition coefficient (Wildman–Crippen LogP) is 2.74. The van der Waals surface area contributed by atoms with Crippen LogP contribution in [0, 0.1) is 0 Å². The normalized spacial score (nSPS) is 25.2. The molecule has 3 atom stereocenters. The SMILES string of the molecule is N[C@H]1Cc2ccc(-c3ccccc3)cc2[C@H]2CCC[C@@H](C(=O)O)N2C1=O. The number of amides is 1. The van der Waals surface area contributed by atoms with E-state index in [1.54, 1.807) is 0 Å². The molecule has 5 nitrogen and oxygen atoms in total. The first-order chi connectivity index (χ1) is 12.6. The van der Waals surface area contributed by atoms with Crippen molar-refractivity contribution < 1.29 is 14.7 Å². The molecule has 134 valence electrons. The van der Waals surface area contributed by atoms with E-state index in [0.717, 1.165) is 35.1 Å². The second-order valence-electron chi connectivity index (χ2n) is 7.14. The van der Waals surface area contributed by atoms with E-state index in [4.69, 9.17) is 5.73 Å². The standard InChI is InChI=1S/C21H22N2O3/c22-17-12-15-10-9-14(13-5-2-1-3-6-13)11-16(15)18-7-4-8-19(21(25)26)23(18)20(17)24/h1-3,5-6,9-11,17-19H,4,7-8,12,22H2,(H,25,26)/t17-,18+,19-/m0/s1. The van der Waals surface area contributed by atoms with Crippen LogP contribution in [0.25, 0.3) is 11.1 Å². The van der Waals surface area contributed by atoms with Gasteiger partial charge in [-0.05, 0) is 54.0 Å². The molecule has 0 aliphatic carbocycles. The Balaban J connectivity index is 1.83. The van der Waals surface area contributed by atoms with Crippen LogP contribution in [0.4, 0.5) is 0 Å². The summed E-state index contributed by atoms with van der Waals surface area (Å²) >= 11 is 0. The molecule has 0 unspecified atom stereocenters. The smallest absolute Gasteiger partial charge is 0.326 e. The van der Waals surface area contributed by atoms with Crippen molar-refractivity contribution in [1.82, 2.24) is 4.90 Å². The largest absolute Gasteiger partial charge is 0.480 e. The molecular weight excluding hydrogens is 328 g/mol. The Morgan fingerprint density at radius 3 is 2.58 bits per heavy atom. The Kier molecular flexibility index (Phi) is 4.24. The van der Waals surface area contributed by atoms with Crippen LogP contribution in [0.1, 0.15) is 36.4 Å². The first kappa shape index (κ1) is 16.8. The Bertz CT molecular complexity index is 850. The number of carbonyl (C=O) groups excluding carboxylic acids is 1. The quantitative estimate of drug-likeness (QED) is 0.872. The van der Waals surface area contributed by atoms with Crippen molar-refractivity contribution in [2.45, 2.75) is 43.8 Å². The molecule has 1 fully saturated rings. The molecule has 3 N–H and O–H groups in total. The summed E-state index contributed by atoms with van der Waals surface area (Å²) in [6.07, 6.45) is 2.49. The van der Waals surface area contributed by atoms with Gasteiger partial charge >= 0.3 is 5.97 Å². The second kappa shape index (κ2) is 6.57. The molecule has 26 heavy (non-hydrogen) atoms. The van der Waals surface area contributed by atoms with Gasteiger partial charge in [0, 0.05) is 0 Å². The van der Waals surface area contributed by atoms with Gasteiger partial charge < -0.3 is 15.7 Å². The predicted molar refractivity (Wildman–Crippen MR) is 98.4 cm³/mol. The lowest BCUT2D eigenvalue weighted by Crippen LogP contribution is -2.53. The molecule has 2 aromatic carbocycles. The molecule has 4 rings (SSSR count). The minimum absolute atomic E-state index is 0.218. The average molecular weight is 350 g/mol. The maximum absolute atomic E-state index is 12.9. The number of carboxylic acid groups (broad SMARTS) is 1. The number of rotatable bonds is 2. The average Bonchev–Trinajstić information content (AvgIpc) is 2.77. The van der Waals surface area contributed by atoms with E-state index in [0.29, 0.717) is 12.8 Å². The van der Waals surface area contributed by atoms with E-state index in [1.807, 2.05) is 36.4 Å². The lowest BCUT2D eigenvalue weighted by Gasteiger charge is -2.40. The zero-order valence-electron chi connectivity index (χ0n) is 14.5. The zero-order valence-corrected chi connectivity index (χ0v) is 14.5. The fourth-order valence-electron chi connectivity index (χ4n) is 4.27. The molecule has 0 radical (unpaired) electrons. The lowest BCUT2D eigenvalue weighted by atomic mass is 9.87. The minimum Gasteiger partial charge on any atom is -0.480 e. The lowest BCUT2D eigenvalue weighted by molar-refractivity contribution is -0.155. The summed E-state index contributed by atoms with van der Waals surface area (Å²) < 4.78 is 0. The zero-order chi connectivity index (χ0) is 18.3. The van der Waals surface area contributed by atoms with E-state index in [9.17, 15) is 14.7 Å². The monoisotopic (exact) mass is 350 g/mol. The maximum atomic E-state index is 12.9. The third-order valence-corrected chi connectivity index (χ3v) is 5.54. The summed E-state index contributed by atoms with van der Waals surface area (Å²) in [7, 11) is 0. The van der Waals surface area contributed by atoms with Crippen LogP contribution in [0.5, 0.6) is 0 Å². The number of aliphatic carboxylic acids is 1. The number of fused-ring (bicyclic) bond motifs is 3. The number of carbonyl (C=O) groups is 2. The van der Waals surface area contributed by atoms with E-state index in [1.165, 1.54) is 4.90 Å². The van der Waals surface area contributed by atoms with Crippen LogP contribution in [-0.4, -0.2) is 34.0 Å². The van der Waals surface area contributed by atoms with Crippen LogP contribution in [0.15, 0.2) is 48.5 Å². The summed E-state index contributed by atoms with van der Waals surface area (Å²) in [5.74, 6) is -1.20. The second-order valence-corrected chi connectivity index (χ2v) is 7.14. The highest BCUT2D eigenvalue weighted by Crippen LogP contribution is 2.40. The minimum atomic E-state index is -0.946. The summed E-state index contributed by atoms with van der Waals surface area (Å²) in [4.78, 5) is 26.1. The van der Waals surface area contributed by atoms with Crippen LogP contribution in [0.2, 0.25) is 0 Å². The molecule has 0 aromatic heterocycles. The topological polar surface area (TPSA) is 83.6 Å². The molecule has 0 spiro atoms. The van der Waals surface area contributed by atoms with Gasteiger partial charge in [0.05, 0.1) is 12.1 Å². The van der Waals surface area contributed by atoms with Gasteiger partial charge in [0.25, 0.3) is 0 Å². The van der Waals surface area contributed by atoms with E-state index in [-0.39, 0.29) is 11.9 Å². The molecule has 2 aromatic rings. The Morgan fingerprint density at radius 1 is 1.08 bits per heavy atom. The number of piperidine rings is 1. The number of nitrogens with two attached hydrogens (primary N) is 1. The van der Waals surface area contributed by atoms with Crippen molar-refractivity contribution >= 4 is 11.9 Å². The van der Waals surface area contributed by atoms with Crippen molar-refractivity contribution in [3.05, 3.63) is 59.7 Å². The molecule has 2 heterocycles. The van der Waals surface area contributed by atoms with E-state index < -0.39 is 18.1 Å². The van der Waals surface area contributed by atoms with Gasteiger partial charge in [-0.1, -0.05) is 42.5 Å². The molecule has 2 aliphatic heterocycles. The highest BCUT2D eigenvalue weighted by molar-refractivity contribution is 5.88. The molecule has 2 aliphatic rings. The summed E-state index contributed by atoms with van der Waals surface area (Å²) in [6, 6.07) is 14.6. The van der Waals surface area contributed by atoms with Gasteiger partial charge in [-0.3, -0.25) is 4.79 Å². The summed E-state index contributed by atoms with van der Waals surface area (Å²) in [6.45, 7) is 0. The van der Waals surface area contributed by atoms with Crippen molar-refractivity contribution in [1.29, 1.82) is 0 Å². The third-order valence-electron chi connectivity index (χ3n) is 5.54. The van der Waals surface area contributed by atoms with Crippen molar-refractivity contribution in [3.63, 3.8) is 0 Å². The summed E-state index contributed by atoms with van der Waals surface area (Å²) in [5.41, 5.74) is 10.4. The Morgan fingerprint density at radius 2 is 1.85 bits per heavy atom. The van der Waals surface area contributed by atoms with Crippen molar-refractivity contribution in [3.8, 4) is 11.1 Å². The van der Waals surface area contributed by atoms with Crippen LogP contribution in [0.3, 0.4) is 0 Å². The number of hydrogen-bond acceptors (Lipinski definition) is 3. The first-order valence-corrected chi connectivity index (χ1v) is 9.05. The van der Waals surface area contributed by atoms with Crippen molar-refractivity contribution in [2.24, 2.45) is 5.73 Å². The molecule has 5 heteroatoms. The fraction of sp³-hybridized carbons (Fsp3) is 0.333. The van der Waals surface area contributed by atoms with E-state index in [2.05, 4.69) is 12.1 Å². The van der Waals surface area contributed by atoms with Gasteiger partial charge in [-0.25, -0.2) is 4.79 Å². The van der Waals surface area contributed by atoms with Gasteiger partial charge in [0.15, 0.2) is 0 Å². The van der Waals surface area contributed by atoms with Gasteiger partial charge in [-0.15, -0.1) is 0 Å². The number of carboxylic acids is 1. The highest BCUT2D eigenvalue weighted by atomic mass is 16.4. The van der Waals surface area contributed by atoms with Gasteiger partial charge in [0.2, 0.25) is 5.91 Å². The summed E-state index contributed by atoms with van der Waals surface area (Å²) in [5, 5.41) is 9.62. The van der Waals surface area contributed by atoms with Crippen LogP contribution >= 0.6 is 0 Å². The number of hydrogen-bond donors (Lipinski definition) is 2. The molecule has 1 amide bonds. The number of benzene rings is 2. The highest BCUT2D eigenvalue weighted by Gasteiger charge is 2.43. The Hall–Kier alpha value is -2.66. The third kappa shape index (κ3) is 2.78. The maximum Gasteiger partial charge on any atom is 0.326 e. The van der Waals surface area contributed by atoms with Crippen LogP contribution in [-0.2, 0) is 16.0 Å². The van der Waals surface area contributed by atoms with Crippen molar-refractivity contribution in [2.75, 3.05) is 0 Å². The molecule has 0 bridgehead atoms. The van der Waals surface area contributed by atoms with Gasteiger partial charge in [-0.2, -0.15) is 0 Å². The molecule has 0 saturated carbocycles. The Labute approximate surface area is 152 Å². The fourth-order valence-corrected chi connectivity index (χ4v) is 4.27. The van der Waals surface area contributed by atoms with E-state index >= 15 is 0 Å². The number of nitrogens with zero attached hydrogens (tertiary/aromatic N) is 1. The molecular formula is C21H22N2O3. The van der Waals surface area contributed by atoms with Crippen LogP contribution < -0.4 is 5.73 Å². The molecule has 1 saturated heterocycles.